The zero-order chi connectivity index (χ0) is 30.5. The van der Waals surface area contributed by atoms with E-state index in [0.717, 1.165) is 11.1 Å². The van der Waals surface area contributed by atoms with Crippen molar-refractivity contribution in [2.75, 3.05) is 28.4 Å². The van der Waals surface area contributed by atoms with Crippen LogP contribution in [0.2, 0.25) is 0 Å². The summed E-state index contributed by atoms with van der Waals surface area (Å²) in [6, 6.07) is 22.4. The van der Waals surface area contributed by atoms with Crippen LogP contribution in [-0.4, -0.2) is 28.4 Å². The minimum absolute atomic E-state index is 0.00954. The number of hydrogen-bond acceptors (Lipinski definition) is 4. The smallest absolute Gasteiger partial charge is 0.161 e. The first-order valence-electron chi connectivity index (χ1n) is 14.8. The quantitative estimate of drug-likeness (QED) is 0.211. The molecule has 0 spiro atoms. The molecule has 4 nitrogen and oxygen atoms in total. The van der Waals surface area contributed by atoms with E-state index in [1.165, 1.54) is 44.5 Å². The normalized spacial score (nSPS) is 14.1. The highest BCUT2D eigenvalue weighted by Crippen LogP contribution is 2.62. The molecule has 0 aromatic heterocycles. The van der Waals surface area contributed by atoms with Crippen molar-refractivity contribution in [3.63, 3.8) is 0 Å². The van der Waals surface area contributed by atoms with Gasteiger partial charge in [0.15, 0.2) is 23.0 Å². The summed E-state index contributed by atoms with van der Waals surface area (Å²) < 4.78 is 23.3. The summed E-state index contributed by atoms with van der Waals surface area (Å²) in [5.41, 5.74) is 12.2. The highest BCUT2D eigenvalue weighted by Gasteiger charge is 2.52. The van der Waals surface area contributed by atoms with Gasteiger partial charge in [-0.05, 0) is 108 Å². The van der Waals surface area contributed by atoms with Crippen LogP contribution in [0.4, 0.5) is 0 Å². The zero-order valence-corrected chi connectivity index (χ0v) is 26.4. The fourth-order valence-electron chi connectivity index (χ4n) is 7.28. The molecule has 43 heavy (non-hydrogen) atoms. The predicted molar refractivity (Wildman–Crippen MR) is 174 cm³/mol. The van der Waals surface area contributed by atoms with E-state index in [1.54, 1.807) is 28.4 Å². The summed E-state index contributed by atoms with van der Waals surface area (Å²) in [6.45, 7) is 8.86. The van der Waals surface area contributed by atoms with Crippen molar-refractivity contribution in [1.82, 2.24) is 0 Å². The van der Waals surface area contributed by atoms with Crippen LogP contribution in [0, 0.1) is 33.6 Å². The Hall–Kier alpha value is -4.44. The van der Waals surface area contributed by atoms with E-state index in [9.17, 15) is 0 Å². The van der Waals surface area contributed by atoms with Crippen molar-refractivity contribution >= 4 is 0 Å². The molecule has 2 aliphatic rings. The molecule has 0 saturated heterocycles. The van der Waals surface area contributed by atoms with Gasteiger partial charge in [-0.25, -0.2) is 0 Å². The first-order chi connectivity index (χ1) is 20.8. The Morgan fingerprint density at radius 1 is 0.488 bits per heavy atom. The number of ether oxygens (including phenoxy) is 4. The lowest BCUT2D eigenvalue weighted by Gasteiger charge is -2.45. The van der Waals surface area contributed by atoms with Crippen LogP contribution in [0.3, 0.4) is 0 Å². The number of benzene rings is 4. The van der Waals surface area contributed by atoms with Gasteiger partial charge in [0.1, 0.15) is 0 Å². The monoisotopic (exact) mass is 572 g/mol. The average molecular weight is 573 g/mol. The second-order valence-corrected chi connectivity index (χ2v) is 11.8. The molecule has 0 N–H and O–H groups in total. The first-order valence-corrected chi connectivity index (χ1v) is 14.8. The number of allylic oxidation sites excluding steroid dienone is 4. The number of hydrogen-bond donors (Lipinski definition) is 0. The maximum absolute atomic E-state index is 5.92. The SMILES string of the molecule is COc1ccc(C(c2ccc(OC)c(OC)c2)(C2C=CC=C2)C2c3cc(C)c(C)cc3-c3cc(C)c(C)cc32)cc1OC. The fourth-order valence-corrected chi connectivity index (χ4v) is 7.28. The van der Waals surface area contributed by atoms with E-state index in [2.05, 4.69) is 101 Å². The Morgan fingerprint density at radius 3 is 1.28 bits per heavy atom. The lowest BCUT2D eigenvalue weighted by molar-refractivity contribution is 0.344. The van der Waals surface area contributed by atoms with Gasteiger partial charge in [0.2, 0.25) is 0 Å². The number of rotatable bonds is 8. The number of fused-ring (bicyclic) bond motifs is 3. The summed E-state index contributed by atoms with van der Waals surface area (Å²) >= 11 is 0. The molecule has 4 aromatic rings. The van der Waals surface area contributed by atoms with Gasteiger partial charge in [-0.1, -0.05) is 60.7 Å². The maximum atomic E-state index is 5.92. The van der Waals surface area contributed by atoms with Crippen LogP contribution in [0.25, 0.3) is 11.1 Å². The zero-order valence-electron chi connectivity index (χ0n) is 26.4. The lowest BCUT2D eigenvalue weighted by atomic mass is 9.56. The standard InChI is InChI=1S/C39H40O4/c1-23-17-30-31-18-24(2)26(4)20-33(31)38(32(30)19-25(23)3)39(27-11-9-10-12-27,28-13-15-34(40-5)36(21-28)42-7)29-14-16-35(41-6)37(22-29)43-8/h9-22,27,38H,1-8H3. The highest BCUT2D eigenvalue weighted by atomic mass is 16.5. The molecule has 4 aromatic carbocycles. The summed E-state index contributed by atoms with van der Waals surface area (Å²) in [4.78, 5) is 0. The Bertz CT molecular complexity index is 1650. The number of aryl methyl sites for hydroxylation is 4. The van der Waals surface area contributed by atoms with Gasteiger partial charge in [-0.3, -0.25) is 0 Å². The van der Waals surface area contributed by atoms with Crippen molar-refractivity contribution in [1.29, 1.82) is 0 Å². The van der Waals surface area contributed by atoms with E-state index in [4.69, 9.17) is 18.9 Å². The van der Waals surface area contributed by atoms with Crippen LogP contribution in [0.1, 0.15) is 50.4 Å². The maximum Gasteiger partial charge on any atom is 0.161 e. The van der Waals surface area contributed by atoms with Gasteiger partial charge in [0.25, 0.3) is 0 Å². The first kappa shape index (κ1) is 28.7. The van der Waals surface area contributed by atoms with Crippen LogP contribution in [0.5, 0.6) is 23.0 Å². The summed E-state index contributed by atoms with van der Waals surface area (Å²) in [5.74, 6) is 2.84. The van der Waals surface area contributed by atoms with Gasteiger partial charge in [0.05, 0.1) is 28.4 Å². The summed E-state index contributed by atoms with van der Waals surface area (Å²) in [6.07, 6.45) is 8.98. The average Bonchev–Trinajstić information content (AvgIpc) is 3.66. The third-order valence-corrected chi connectivity index (χ3v) is 9.70. The van der Waals surface area contributed by atoms with Gasteiger partial charge >= 0.3 is 0 Å². The predicted octanol–water partition coefficient (Wildman–Crippen LogP) is 8.80. The van der Waals surface area contributed by atoms with Gasteiger partial charge < -0.3 is 18.9 Å². The van der Waals surface area contributed by atoms with Crippen LogP contribution in [-0.2, 0) is 5.41 Å². The van der Waals surface area contributed by atoms with Crippen LogP contribution in [0.15, 0.2) is 85.0 Å². The van der Waals surface area contributed by atoms with Crippen molar-refractivity contribution in [3.8, 4) is 34.1 Å². The third-order valence-electron chi connectivity index (χ3n) is 9.70. The molecule has 220 valence electrons. The fraction of sp³-hybridized carbons (Fsp3) is 0.282. The molecule has 0 aliphatic heterocycles. The Balaban J connectivity index is 1.80. The van der Waals surface area contributed by atoms with Crippen LogP contribution >= 0.6 is 0 Å². The van der Waals surface area contributed by atoms with E-state index in [1.807, 2.05) is 12.1 Å². The van der Waals surface area contributed by atoms with E-state index < -0.39 is 5.41 Å². The molecular formula is C39H40O4. The molecule has 6 rings (SSSR count). The van der Waals surface area contributed by atoms with Crippen molar-refractivity contribution in [2.24, 2.45) is 5.92 Å². The molecule has 0 unspecified atom stereocenters. The Morgan fingerprint density at radius 2 is 0.884 bits per heavy atom. The van der Waals surface area contributed by atoms with E-state index in [0.29, 0.717) is 23.0 Å². The minimum atomic E-state index is -0.577. The Kier molecular flexibility index (Phi) is 7.33. The molecule has 0 fully saturated rings. The van der Waals surface area contributed by atoms with E-state index in [-0.39, 0.29) is 11.8 Å². The molecular weight excluding hydrogens is 532 g/mol. The van der Waals surface area contributed by atoms with Gasteiger partial charge in [-0.15, -0.1) is 0 Å². The van der Waals surface area contributed by atoms with Gasteiger partial charge in [0, 0.05) is 17.3 Å². The Labute approximate surface area is 255 Å². The molecule has 2 aliphatic carbocycles. The van der Waals surface area contributed by atoms with Crippen molar-refractivity contribution in [2.45, 2.75) is 39.0 Å². The molecule has 0 heterocycles. The minimum Gasteiger partial charge on any atom is -0.493 e. The van der Waals surface area contributed by atoms with E-state index >= 15 is 0 Å². The molecule has 4 heteroatoms. The largest absolute Gasteiger partial charge is 0.493 e. The van der Waals surface area contributed by atoms with Gasteiger partial charge in [-0.2, -0.15) is 0 Å². The second-order valence-electron chi connectivity index (χ2n) is 11.8. The summed E-state index contributed by atoms with van der Waals surface area (Å²) in [7, 11) is 6.77. The molecule has 0 radical (unpaired) electrons. The molecule has 0 saturated carbocycles. The molecule has 0 atom stereocenters. The third kappa shape index (κ3) is 4.34. The van der Waals surface area contributed by atoms with Crippen molar-refractivity contribution in [3.05, 3.63) is 129 Å². The highest BCUT2D eigenvalue weighted by molar-refractivity contribution is 5.83. The molecule has 0 amide bonds. The second kappa shape index (κ2) is 11.0. The van der Waals surface area contributed by atoms with Crippen molar-refractivity contribution < 1.29 is 18.9 Å². The summed E-state index contributed by atoms with van der Waals surface area (Å²) in [5, 5.41) is 0. The number of methoxy groups -OCH3 is 4. The lowest BCUT2D eigenvalue weighted by Crippen LogP contribution is -2.41. The van der Waals surface area contributed by atoms with Crippen LogP contribution < -0.4 is 18.9 Å². The molecule has 0 bridgehead atoms. The topological polar surface area (TPSA) is 36.9 Å².